The Kier molecular flexibility index (Phi) is 6.23. The molecule has 3 rings (SSSR count). The van der Waals surface area contributed by atoms with Crippen molar-refractivity contribution in [2.75, 3.05) is 0 Å². The number of aryl methyl sites for hydroxylation is 1. The molecule has 1 N–H and O–H groups in total. The number of halogens is 1. The van der Waals surface area contributed by atoms with Crippen LogP contribution in [0.25, 0.3) is 0 Å². The summed E-state index contributed by atoms with van der Waals surface area (Å²) in [6, 6.07) is 22.3. The monoisotopic (exact) mass is 378 g/mol. The van der Waals surface area contributed by atoms with Crippen LogP contribution in [0.15, 0.2) is 77.9 Å². The minimum Gasteiger partial charge on any atom is -0.488 e. The summed E-state index contributed by atoms with van der Waals surface area (Å²) < 4.78 is 5.87. The summed E-state index contributed by atoms with van der Waals surface area (Å²) in [6.45, 7) is 2.28. The van der Waals surface area contributed by atoms with Gasteiger partial charge in [0.05, 0.1) is 6.21 Å². The van der Waals surface area contributed by atoms with E-state index in [-0.39, 0.29) is 5.91 Å². The zero-order valence-corrected chi connectivity index (χ0v) is 15.6. The lowest BCUT2D eigenvalue weighted by atomic mass is 10.1. The lowest BCUT2D eigenvalue weighted by molar-refractivity contribution is 0.0955. The van der Waals surface area contributed by atoms with E-state index in [9.17, 15) is 4.79 Å². The van der Waals surface area contributed by atoms with Gasteiger partial charge < -0.3 is 4.74 Å². The Labute approximate surface area is 163 Å². The summed E-state index contributed by atoms with van der Waals surface area (Å²) in [5.74, 6) is 0.399. The molecule has 0 unspecified atom stereocenters. The van der Waals surface area contributed by atoms with E-state index in [4.69, 9.17) is 16.3 Å². The smallest absolute Gasteiger partial charge is 0.271 e. The van der Waals surface area contributed by atoms with Crippen LogP contribution in [0.1, 0.15) is 27.0 Å². The van der Waals surface area contributed by atoms with E-state index in [1.165, 1.54) is 0 Å². The van der Waals surface area contributed by atoms with E-state index in [0.29, 0.717) is 22.9 Å². The number of nitrogens with one attached hydrogen (secondary N) is 1. The summed E-state index contributed by atoms with van der Waals surface area (Å²) in [6.07, 6.45) is 1.57. The van der Waals surface area contributed by atoms with E-state index in [1.54, 1.807) is 12.3 Å². The predicted molar refractivity (Wildman–Crippen MR) is 108 cm³/mol. The highest BCUT2D eigenvalue weighted by atomic mass is 35.5. The number of carbonyl (C=O) groups excluding carboxylic acids is 1. The van der Waals surface area contributed by atoms with Gasteiger partial charge in [-0.2, -0.15) is 5.10 Å². The van der Waals surface area contributed by atoms with Crippen LogP contribution in [0.2, 0.25) is 5.02 Å². The second-order valence-corrected chi connectivity index (χ2v) is 6.39. The Hall–Kier alpha value is -3.11. The Morgan fingerprint density at radius 2 is 1.85 bits per heavy atom. The average molecular weight is 379 g/mol. The predicted octanol–water partition coefficient (Wildman–Crippen LogP) is 4.99. The second kappa shape index (κ2) is 9.01. The Morgan fingerprint density at radius 3 is 2.67 bits per heavy atom. The van der Waals surface area contributed by atoms with E-state index in [1.807, 2.05) is 73.7 Å². The van der Waals surface area contributed by atoms with Gasteiger partial charge in [0.25, 0.3) is 5.91 Å². The molecule has 0 heterocycles. The number of benzene rings is 3. The van der Waals surface area contributed by atoms with Gasteiger partial charge in [-0.3, -0.25) is 4.79 Å². The molecule has 3 aromatic carbocycles. The molecule has 0 aliphatic carbocycles. The van der Waals surface area contributed by atoms with Crippen LogP contribution in [0.4, 0.5) is 0 Å². The van der Waals surface area contributed by atoms with Gasteiger partial charge in [0.2, 0.25) is 0 Å². The van der Waals surface area contributed by atoms with Crippen molar-refractivity contribution in [3.63, 3.8) is 0 Å². The fraction of sp³-hybridized carbons (Fsp3) is 0.0909. The second-order valence-electron chi connectivity index (χ2n) is 5.99. The topological polar surface area (TPSA) is 50.7 Å². The highest BCUT2D eigenvalue weighted by molar-refractivity contribution is 6.31. The Balaban J connectivity index is 1.66. The third-order valence-corrected chi connectivity index (χ3v) is 4.28. The van der Waals surface area contributed by atoms with Crippen molar-refractivity contribution in [2.24, 2.45) is 5.10 Å². The zero-order valence-electron chi connectivity index (χ0n) is 14.9. The first-order valence-electron chi connectivity index (χ1n) is 8.49. The highest BCUT2D eigenvalue weighted by Gasteiger charge is 2.05. The molecule has 27 heavy (non-hydrogen) atoms. The number of hydrogen-bond donors (Lipinski definition) is 1. The number of carbonyl (C=O) groups is 1. The Bertz CT molecular complexity index is 970. The fourth-order valence-electron chi connectivity index (χ4n) is 2.50. The summed E-state index contributed by atoms with van der Waals surface area (Å²) >= 11 is 6.16. The number of nitrogens with zero attached hydrogens (tertiary/aromatic N) is 1. The van der Waals surface area contributed by atoms with Crippen LogP contribution in [0.5, 0.6) is 5.75 Å². The molecule has 4 nitrogen and oxygen atoms in total. The molecule has 3 aromatic rings. The summed E-state index contributed by atoms with van der Waals surface area (Å²) in [4.78, 5) is 12.1. The molecular formula is C22H19ClN2O2. The van der Waals surface area contributed by atoms with E-state index in [0.717, 1.165) is 16.7 Å². The van der Waals surface area contributed by atoms with Crippen molar-refractivity contribution in [2.45, 2.75) is 13.5 Å². The van der Waals surface area contributed by atoms with Gasteiger partial charge >= 0.3 is 0 Å². The van der Waals surface area contributed by atoms with Crippen molar-refractivity contribution in [1.29, 1.82) is 0 Å². The lowest BCUT2D eigenvalue weighted by Gasteiger charge is -2.10. The molecule has 0 aliphatic rings. The van der Waals surface area contributed by atoms with Gasteiger partial charge in [-0.25, -0.2) is 5.43 Å². The molecule has 136 valence electrons. The van der Waals surface area contributed by atoms with Crippen molar-refractivity contribution in [3.05, 3.63) is 100 Å². The number of hydrogen-bond acceptors (Lipinski definition) is 3. The first kappa shape index (κ1) is 18.7. The Morgan fingerprint density at radius 1 is 1.07 bits per heavy atom. The quantitative estimate of drug-likeness (QED) is 0.485. The highest BCUT2D eigenvalue weighted by Crippen LogP contribution is 2.20. The zero-order chi connectivity index (χ0) is 19.1. The summed E-state index contributed by atoms with van der Waals surface area (Å²) in [7, 11) is 0. The molecule has 0 bridgehead atoms. The first-order chi connectivity index (χ1) is 13.1. The van der Waals surface area contributed by atoms with Gasteiger partial charge in [-0.15, -0.1) is 0 Å². The maximum atomic E-state index is 12.1. The van der Waals surface area contributed by atoms with E-state index in [2.05, 4.69) is 10.5 Å². The van der Waals surface area contributed by atoms with Gasteiger partial charge in [-0.1, -0.05) is 59.6 Å². The first-order valence-corrected chi connectivity index (χ1v) is 8.86. The van der Waals surface area contributed by atoms with Crippen molar-refractivity contribution in [3.8, 4) is 5.75 Å². The summed E-state index contributed by atoms with van der Waals surface area (Å²) in [5, 5.41) is 4.71. The number of rotatable bonds is 6. The standard InChI is InChI=1S/C22H19ClN2O2/c1-16-7-6-10-17(13-16)22(26)25-24-14-18-8-3-5-12-21(18)27-15-19-9-2-4-11-20(19)23/h2-14H,15H2,1H3,(H,25,26)/b24-14+. The van der Waals surface area contributed by atoms with Gasteiger partial charge in [0, 0.05) is 21.7 Å². The fourth-order valence-corrected chi connectivity index (χ4v) is 2.69. The molecule has 0 fully saturated rings. The third-order valence-electron chi connectivity index (χ3n) is 3.91. The molecule has 0 aromatic heterocycles. The molecule has 5 heteroatoms. The molecule has 0 radical (unpaired) electrons. The lowest BCUT2D eigenvalue weighted by Crippen LogP contribution is -2.17. The van der Waals surface area contributed by atoms with Crippen LogP contribution < -0.4 is 10.2 Å². The maximum Gasteiger partial charge on any atom is 0.271 e. The maximum absolute atomic E-state index is 12.1. The van der Waals surface area contributed by atoms with Crippen LogP contribution in [0.3, 0.4) is 0 Å². The summed E-state index contributed by atoms with van der Waals surface area (Å²) in [5.41, 5.74) is 5.78. The van der Waals surface area contributed by atoms with Gasteiger partial charge in [0.15, 0.2) is 0 Å². The van der Waals surface area contributed by atoms with Crippen LogP contribution in [-0.4, -0.2) is 12.1 Å². The average Bonchev–Trinajstić information content (AvgIpc) is 2.68. The number of amides is 1. The third kappa shape index (κ3) is 5.19. The van der Waals surface area contributed by atoms with Crippen LogP contribution in [0, 0.1) is 6.92 Å². The molecule has 1 amide bonds. The molecular weight excluding hydrogens is 360 g/mol. The number of para-hydroxylation sites is 1. The van der Waals surface area contributed by atoms with E-state index >= 15 is 0 Å². The molecule has 0 saturated carbocycles. The number of hydrazone groups is 1. The number of ether oxygens (including phenoxy) is 1. The van der Waals surface area contributed by atoms with Crippen LogP contribution >= 0.6 is 11.6 Å². The normalized spacial score (nSPS) is 10.7. The molecule has 0 aliphatic heterocycles. The largest absolute Gasteiger partial charge is 0.488 e. The van der Waals surface area contributed by atoms with Crippen molar-refractivity contribution in [1.82, 2.24) is 5.43 Å². The minimum atomic E-state index is -0.260. The van der Waals surface area contributed by atoms with Gasteiger partial charge in [-0.05, 0) is 37.3 Å². The molecule has 0 spiro atoms. The SMILES string of the molecule is Cc1cccc(C(=O)N/N=C/c2ccccc2OCc2ccccc2Cl)c1. The van der Waals surface area contributed by atoms with Crippen LogP contribution in [-0.2, 0) is 6.61 Å². The minimum absolute atomic E-state index is 0.260. The van der Waals surface area contributed by atoms with Crippen molar-refractivity contribution >= 4 is 23.7 Å². The molecule has 0 atom stereocenters. The van der Waals surface area contributed by atoms with Gasteiger partial charge in [0.1, 0.15) is 12.4 Å². The van der Waals surface area contributed by atoms with E-state index < -0.39 is 0 Å². The van der Waals surface area contributed by atoms with Crippen molar-refractivity contribution < 1.29 is 9.53 Å². The molecule has 0 saturated heterocycles.